The first kappa shape index (κ1) is 15.5. The lowest BCUT2D eigenvalue weighted by atomic mass is 9.74. The van der Waals surface area contributed by atoms with Gasteiger partial charge in [-0.25, -0.2) is 0 Å². The number of likely N-dealkylation sites (tertiary alicyclic amines) is 1. The summed E-state index contributed by atoms with van der Waals surface area (Å²) in [6.45, 7) is 1.79. The minimum absolute atomic E-state index is 0.0647. The summed E-state index contributed by atoms with van der Waals surface area (Å²) in [6.07, 6.45) is 1.24. The molecule has 0 aliphatic carbocycles. The normalized spacial score (nSPS) is 23.7. The maximum Gasteiger partial charge on any atom is 0.246 e. The number of piperazine rings is 1. The first-order valence-electron chi connectivity index (χ1n) is 7.90. The van der Waals surface area contributed by atoms with Crippen LogP contribution in [-0.4, -0.2) is 48.9 Å². The predicted molar refractivity (Wildman–Crippen MR) is 84.3 cm³/mol. The van der Waals surface area contributed by atoms with Crippen molar-refractivity contribution in [2.45, 2.75) is 24.3 Å². The van der Waals surface area contributed by atoms with Crippen molar-refractivity contribution in [2.75, 3.05) is 26.2 Å². The number of amides is 2. The summed E-state index contributed by atoms with van der Waals surface area (Å²) in [5.74, 6) is -0.215. The van der Waals surface area contributed by atoms with E-state index in [1.165, 1.54) is 0 Å². The molecule has 2 aliphatic heterocycles. The minimum atomic E-state index is -0.522. The van der Waals surface area contributed by atoms with E-state index in [-0.39, 0.29) is 18.4 Å². The van der Waals surface area contributed by atoms with Crippen LogP contribution in [0.4, 0.5) is 0 Å². The fraction of sp³-hybridized carbons (Fsp3) is 0.471. The van der Waals surface area contributed by atoms with E-state index >= 15 is 0 Å². The van der Waals surface area contributed by atoms with E-state index in [4.69, 9.17) is 0 Å². The average molecular weight is 312 g/mol. The molecule has 1 atom stereocenters. The molecule has 0 unspecified atom stereocenters. The molecule has 1 aromatic carbocycles. The highest BCUT2D eigenvalue weighted by Crippen LogP contribution is 2.34. The van der Waals surface area contributed by atoms with Crippen molar-refractivity contribution in [3.63, 3.8) is 0 Å². The predicted octanol–water partition coefficient (Wildman–Crippen LogP) is 0.158. The van der Waals surface area contributed by atoms with Crippen LogP contribution in [0, 0.1) is 11.3 Å². The van der Waals surface area contributed by atoms with E-state index in [0.717, 1.165) is 5.56 Å². The number of carbonyl (C=O) groups is 2. The third kappa shape index (κ3) is 3.06. The highest BCUT2D eigenvalue weighted by atomic mass is 16.2. The van der Waals surface area contributed by atoms with Crippen molar-refractivity contribution < 1.29 is 9.59 Å². The van der Waals surface area contributed by atoms with Crippen molar-refractivity contribution >= 4 is 11.8 Å². The van der Waals surface area contributed by atoms with Crippen LogP contribution in [0.3, 0.4) is 0 Å². The van der Waals surface area contributed by atoms with E-state index < -0.39 is 11.5 Å². The first-order valence-corrected chi connectivity index (χ1v) is 7.90. The molecule has 2 heterocycles. The molecule has 23 heavy (non-hydrogen) atoms. The Balaban J connectivity index is 1.67. The summed E-state index contributed by atoms with van der Waals surface area (Å²) in [4.78, 5) is 25.7. The minimum Gasteiger partial charge on any atom is -0.342 e. The van der Waals surface area contributed by atoms with Gasteiger partial charge in [-0.05, 0) is 18.4 Å². The van der Waals surface area contributed by atoms with Crippen molar-refractivity contribution in [1.82, 2.24) is 15.5 Å². The van der Waals surface area contributed by atoms with Crippen LogP contribution < -0.4 is 10.6 Å². The van der Waals surface area contributed by atoms with Crippen molar-refractivity contribution in [1.29, 1.82) is 5.26 Å². The topological polar surface area (TPSA) is 85.2 Å². The maximum atomic E-state index is 12.5. The van der Waals surface area contributed by atoms with Crippen LogP contribution in [0.25, 0.3) is 0 Å². The summed E-state index contributed by atoms with van der Waals surface area (Å²) in [7, 11) is 0. The van der Waals surface area contributed by atoms with Crippen LogP contribution in [0.1, 0.15) is 18.4 Å². The maximum absolute atomic E-state index is 12.5. The van der Waals surface area contributed by atoms with Crippen molar-refractivity contribution in [3.8, 4) is 6.07 Å². The SMILES string of the molecule is N#CC1(c2ccccc2)CCN(C(=O)[C@H]2CNCC(=O)N2)CC1. The second kappa shape index (κ2) is 6.39. The van der Waals surface area contributed by atoms with Gasteiger partial charge in [0, 0.05) is 19.6 Å². The highest BCUT2D eigenvalue weighted by Gasteiger charge is 2.39. The number of rotatable bonds is 2. The Kier molecular flexibility index (Phi) is 4.30. The van der Waals surface area contributed by atoms with Gasteiger partial charge in [0.1, 0.15) is 6.04 Å². The molecule has 120 valence electrons. The Bertz CT molecular complexity index is 630. The van der Waals surface area contributed by atoms with Gasteiger partial charge < -0.3 is 15.5 Å². The highest BCUT2D eigenvalue weighted by molar-refractivity contribution is 5.89. The van der Waals surface area contributed by atoms with Crippen LogP contribution in [-0.2, 0) is 15.0 Å². The second-order valence-corrected chi connectivity index (χ2v) is 6.14. The van der Waals surface area contributed by atoms with Gasteiger partial charge in [0.2, 0.25) is 11.8 Å². The molecule has 0 radical (unpaired) electrons. The quantitative estimate of drug-likeness (QED) is 0.814. The molecule has 0 aromatic heterocycles. The standard InChI is InChI=1S/C17H20N4O2/c18-12-17(13-4-2-1-3-5-13)6-8-21(9-7-17)16(23)14-10-19-11-15(22)20-14/h1-5,14,19H,6-11H2,(H,20,22)/t14-/m1/s1. The fourth-order valence-corrected chi connectivity index (χ4v) is 3.33. The summed E-state index contributed by atoms with van der Waals surface area (Å²) >= 11 is 0. The molecule has 1 aromatic rings. The lowest BCUT2D eigenvalue weighted by Crippen LogP contribution is -2.60. The van der Waals surface area contributed by atoms with Crippen molar-refractivity contribution in [3.05, 3.63) is 35.9 Å². The Morgan fingerprint density at radius 3 is 2.57 bits per heavy atom. The van der Waals surface area contributed by atoms with Gasteiger partial charge in [0.25, 0.3) is 0 Å². The zero-order valence-electron chi connectivity index (χ0n) is 12.9. The number of nitrogens with one attached hydrogen (secondary N) is 2. The second-order valence-electron chi connectivity index (χ2n) is 6.14. The fourth-order valence-electron chi connectivity index (χ4n) is 3.33. The van der Waals surface area contributed by atoms with Gasteiger partial charge in [-0.1, -0.05) is 30.3 Å². The Morgan fingerprint density at radius 2 is 1.96 bits per heavy atom. The van der Waals surface area contributed by atoms with Gasteiger partial charge in [-0.3, -0.25) is 9.59 Å². The summed E-state index contributed by atoms with van der Waals surface area (Å²) in [5, 5.41) is 15.4. The number of carbonyl (C=O) groups excluding carboxylic acids is 2. The lowest BCUT2D eigenvalue weighted by Gasteiger charge is -2.39. The largest absolute Gasteiger partial charge is 0.342 e. The number of hydrogen-bond acceptors (Lipinski definition) is 4. The van der Waals surface area contributed by atoms with Gasteiger partial charge in [0.15, 0.2) is 0 Å². The van der Waals surface area contributed by atoms with E-state index in [0.29, 0.717) is 32.5 Å². The summed E-state index contributed by atoms with van der Waals surface area (Å²) in [5.41, 5.74) is 0.494. The Morgan fingerprint density at radius 1 is 1.26 bits per heavy atom. The molecular formula is C17H20N4O2. The van der Waals surface area contributed by atoms with Crippen LogP contribution in [0.5, 0.6) is 0 Å². The van der Waals surface area contributed by atoms with Gasteiger partial charge in [0.05, 0.1) is 18.0 Å². The van der Waals surface area contributed by atoms with E-state index in [9.17, 15) is 14.9 Å². The molecule has 3 rings (SSSR count). The summed E-state index contributed by atoms with van der Waals surface area (Å²) in [6, 6.07) is 11.7. The Labute approximate surface area is 135 Å². The zero-order valence-corrected chi connectivity index (χ0v) is 12.9. The van der Waals surface area contributed by atoms with Gasteiger partial charge in [-0.2, -0.15) is 5.26 Å². The molecule has 2 saturated heterocycles. The van der Waals surface area contributed by atoms with E-state index in [1.807, 2.05) is 30.3 Å². The van der Waals surface area contributed by atoms with E-state index in [1.54, 1.807) is 4.90 Å². The molecule has 0 bridgehead atoms. The van der Waals surface area contributed by atoms with Crippen molar-refractivity contribution in [2.24, 2.45) is 0 Å². The average Bonchev–Trinajstić information content (AvgIpc) is 2.62. The van der Waals surface area contributed by atoms with Gasteiger partial charge in [-0.15, -0.1) is 0 Å². The monoisotopic (exact) mass is 312 g/mol. The molecule has 2 N–H and O–H groups in total. The molecule has 2 fully saturated rings. The number of piperidine rings is 1. The number of nitriles is 1. The molecule has 6 nitrogen and oxygen atoms in total. The molecule has 0 saturated carbocycles. The lowest BCUT2D eigenvalue weighted by molar-refractivity contribution is -0.138. The number of benzene rings is 1. The zero-order chi connectivity index (χ0) is 16.3. The van der Waals surface area contributed by atoms with Crippen LogP contribution in [0.15, 0.2) is 30.3 Å². The third-order valence-corrected chi connectivity index (χ3v) is 4.74. The molecule has 2 amide bonds. The van der Waals surface area contributed by atoms with Crippen LogP contribution >= 0.6 is 0 Å². The number of hydrogen-bond donors (Lipinski definition) is 2. The molecule has 2 aliphatic rings. The Hall–Kier alpha value is -2.39. The van der Waals surface area contributed by atoms with Gasteiger partial charge >= 0.3 is 0 Å². The number of nitrogens with zero attached hydrogens (tertiary/aromatic N) is 2. The smallest absolute Gasteiger partial charge is 0.246 e. The van der Waals surface area contributed by atoms with Crippen LogP contribution in [0.2, 0.25) is 0 Å². The molecule has 6 heteroatoms. The first-order chi connectivity index (χ1) is 11.1. The molecular weight excluding hydrogens is 292 g/mol. The molecule has 0 spiro atoms. The third-order valence-electron chi connectivity index (χ3n) is 4.74. The van der Waals surface area contributed by atoms with E-state index in [2.05, 4.69) is 16.7 Å². The summed E-state index contributed by atoms with van der Waals surface area (Å²) < 4.78 is 0.